The van der Waals surface area contributed by atoms with Gasteiger partial charge >= 0.3 is 0 Å². The standard InChI is InChI=1S/C16H15FO2/c1-18-15-7-5-12(6-8-15)3-4-13-9-14(17)11-16(10-13)19-2/h3-11H,1-2H3. The number of halogens is 1. The summed E-state index contributed by atoms with van der Waals surface area (Å²) in [6, 6.07) is 12.2. The van der Waals surface area contributed by atoms with Crippen LogP contribution >= 0.6 is 0 Å². The Bertz CT molecular complexity index is 574. The van der Waals surface area contributed by atoms with Crippen LogP contribution in [0.4, 0.5) is 4.39 Å². The smallest absolute Gasteiger partial charge is 0.127 e. The van der Waals surface area contributed by atoms with Gasteiger partial charge in [-0.05, 0) is 35.4 Å². The highest BCUT2D eigenvalue weighted by atomic mass is 19.1. The van der Waals surface area contributed by atoms with Gasteiger partial charge in [0.25, 0.3) is 0 Å². The quantitative estimate of drug-likeness (QED) is 0.771. The maximum absolute atomic E-state index is 13.3. The molecule has 0 unspecified atom stereocenters. The monoisotopic (exact) mass is 258 g/mol. The van der Waals surface area contributed by atoms with Gasteiger partial charge in [0.05, 0.1) is 14.2 Å². The first-order chi connectivity index (χ1) is 9.21. The van der Waals surface area contributed by atoms with E-state index in [9.17, 15) is 4.39 Å². The molecule has 0 bridgehead atoms. The van der Waals surface area contributed by atoms with Gasteiger partial charge in [0, 0.05) is 6.07 Å². The molecule has 0 fully saturated rings. The molecule has 0 N–H and O–H groups in total. The van der Waals surface area contributed by atoms with Crippen molar-refractivity contribution in [3.63, 3.8) is 0 Å². The molecule has 0 aromatic heterocycles. The number of rotatable bonds is 4. The van der Waals surface area contributed by atoms with Gasteiger partial charge in [0.2, 0.25) is 0 Å². The summed E-state index contributed by atoms with van der Waals surface area (Å²) in [4.78, 5) is 0. The molecular formula is C16H15FO2. The normalized spacial score (nSPS) is 10.7. The zero-order valence-corrected chi connectivity index (χ0v) is 10.9. The van der Waals surface area contributed by atoms with E-state index in [1.165, 1.54) is 19.2 Å². The Kier molecular flexibility index (Phi) is 4.18. The number of benzene rings is 2. The van der Waals surface area contributed by atoms with E-state index < -0.39 is 0 Å². The minimum absolute atomic E-state index is 0.311. The van der Waals surface area contributed by atoms with Crippen LogP contribution in [0.25, 0.3) is 12.2 Å². The fourth-order valence-electron chi connectivity index (χ4n) is 1.71. The maximum atomic E-state index is 13.3. The molecule has 3 heteroatoms. The average Bonchev–Trinajstić information content (AvgIpc) is 2.45. The first kappa shape index (κ1) is 13.1. The van der Waals surface area contributed by atoms with Crippen LogP contribution in [0.5, 0.6) is 11.5 Å². The van der Waals surface area contributed by atoms with E-state index in [4.69, 9.17) is 9.47 Å². The summed E-state index contributed by atoms with van der Waals surface area (Å²) in [5.41, 5.74) is 1.77. The minimum Gasteiger partial charge on any atom is -0.497 e. The molecule has 98 valence electrons. The molecule has 0 aliphatic heterocycles. The van der Waals surface area contributed by atoms with E-state index in [0.717, 1.165) is 16.9 Å². The summed E-state index contributed by atoms with van der Waals surface area (Å²) in [6.07, 6.45) is 3.75. The molecular weight excluding hydrogens is 243 g/mol. The lowest BCUT2D eigenvalue weighted by Crippen LogP contribution is -1.86. The molecule has 0 aliphatic rings. The third kappa shape index (κ3) is 3.58. The van der Waals surface area contributed by atoms with E-state index in [1.54, 1.807) is 13.2 Å². The molecule has 0 aliphatic carbocycles. The molecule has 0 radical (unpaired) electrons. The highest BCUT2D eigenvalue weighted by Crippen LogP contribution is 2.19. The zero-order valence-electron chi connectivity index (χ0n) is 10.9. The van der Waals surface area contributed by atoms with Gasteiger partial charge in [-0.1, -0.05) is 24.3 Å². The van der Waals surface area contributed by atoms with Crippen molar-refractivity contribution >= 4 is 12.2 Å². The molecule has 0 heterocycles. The SMILES string of the molecule is COc1ccc(C=Cc2cc(F)cc(OC)c2)cc1. The summed E-state index contributed by atoms with van der Waals surface area (Å²) in [5, 5.41) is 0. The van der Waals surface area contributed by atoms with E-state index in [0.29, 0.717) is 5.75 Å². The summed E-state index contributed by atoms with van der Waals surface area (Å²) < 4.78 is 23.4. The van der Waals surface area contributed by atoms with Crippen molar-refractivity contribution in [1.82, 2.24) is 0 Å². The lowest BCUT2D eigenvalue weighted by molar-refractivity contribution is 0.411. The first-order valence-corrected chi connectivity index (χ1v) is 5.88. The molecule has 0 atom stereocenters. The van der Waals surface area contributed by atoms with Crippen LogP contribution in [-0.4, -0.2) is 14.2 Å². The second kappa shape index (κ2) is 6.05. The van der Waals surface area contributed by atoms with E-state index in [-0.39, 0.29) is 5.82 Å². The van der Waals surface area contributed by atoms with Crippen LogP contribution in [0.3, 0.4) is 0 Å². The third-order valence-corrected chi connectivity index (χ3v) is 2.71. The Morgan fingerprint density at radius 1 is 0.789 bits per heavy atom. The van der Waals surface area contributed by atoms with Crippen molar-refractivity contribution in [2.45, 2.75) is 0 Å². The Hall–Kier alpha value is -2.29. The van der Waals surface area contributed by atoms with Crippen molar-refractivity contribution < 1.29 is 13.9 Å². The summed E-state index contributed by atoms with van der Waals surface area (Å²) in [5.74, 6) is 1.01. The van der Waals surface area contributed by atoms with E-state index in [1.807, 2.05) is 36.4 Å². The van der Waals surface area contributed by atoms with Crippen molar-refractivity contribution in [1.29, 1.82) is 0 Å². The van der Waals surface area contributed by atoms with Crippen LogP contribution in [-0.2, 0) is 0 Å². The molecule has 2 aromatic rings. The predicted molar refractivity (Wildman–Crippen MR) is 74.9 cm³/mol. The van der Waals surface area contributed by atoms with Crippen molar-refractivity contribution in [3.8, 4) is 11.5 Å². The van der Waals surface area contributed by atoms with Crippen LogP contribution in [0.2, 0.25) is 0 Å². The Labute approximate surface area is 112 Å². The predicted octanol–water partition coefficient (Wildman–Crippen LogP) is 4.01. The maximum Gasteiger partial charge on any atom is 0.127 e. The van der Waals surface area contributed by atoms with Gasteiger partial charge < -0.3 is 9.47 Å². The van der Waals surface area contributed by atoms with Crippen LogP contribution in [0.1, 0.15) is 11.1 Å². The van der Waals surface area contributed by atoms with Crippen LogP contribution in [0.15, 0.2) is 42.5 Å². The van der Waals surface area contributed by atoms with Crippen LogP contribution < -0.4 is 9.47 Å². The largest absolute Gasteiger partial charge is 0.497 e. The molecule has 2 aromatic carbocycles. The molecule has 19 heavy (non-hydrogen) atoms. The number of methoxy groups -OCH3 is 2. The summed E-state index contributed by atoms with van der Waals surface area (Å²) >= 11 is 0. The van der Waals surface area contributed by atoms with Crippen molar-refractivity contribution in [2.24, 2.45) is 0 Å². The molecule has 0 amide bonds. The summed E-state index contributed by atoms with van der Waals surface area (Å²) in [6.45, 7) is 0. The number of hydrogen-bond donors (Lipinski definition) is 0. The number of hydrogen-bond acceptors (Lipinski definition) is 2. The second-order valence-electron chi connectivity index (χ2n) is 4.03. The van der Waals surface area contributed by atoms with Gasteiger partial charge in [-0.25, -0.2) is 4.39 Å². The molecule has 0 saturated heterocycles. The fourth-order valence-corrected chi connectivity index (χ4v) is 1.71. The summed E-state index contributed by atoms with van der Waals surface area (Å²) in [7, 11) is 3.15. The second-order valence-corrected chi connectivity index (χ2v) is 4.03. The Morgan fingerprint density at radius 3 is 2.05 bits per heavy atom. The Morgan fingerprint density at radius 2 is 1.42 bits per heavy atom. The average molecular weight is 258 g/mol. The lowest BCUT2D eigenvalue weighted by Gasteiger charge is -2.02. The van der Waals surface area contributed by atoms with Gasteiger partial charge in [0.1, 0.15) is 17.3 Å². The minimum atomic E-state index is -0.311. The Balaban J connectivity index is 2.19. The number of ether oxygens (including phenoxy) is 2. The lowest BCUT2D eigenvalue weighted by atomic mass is 10.1. The highest BCUT2D eigenvalue weighted by molar-refractivity contribution is 5.70. The molecule has 0 spiro atoms. The first-order valence-electron chi connectivity index (χ1n) is 5.88. The van der Waals surface area contributed by atoms with Gasteiger partial charge in [-0.3, -0.25) is 0 Å². The topological polar surface area (TPSA) is 18.5 Å². The fraction of sp³-hybridized carbons (Fsp3) is 0.125. The molecule has 2 nitrogen and oxygen atoms in total. The molecule has 0 saturated carbocycles. The highest BCUT2D eigenvalue weighted by Gasteiger charge is 1.98. The van der Waals surface area contributed by atoms with Gasteiger partial charge in [-0.2, -0.15) is 0 Å². The van der Waals surface area contributed by atoms with E-state index >= 15 is 0 Å². The van der Waals surface area contributed by atoms with Crippen molar-refractivity contribution in [3.05, 3.63) is 59.4 Å². The van der Waals surface area contributed by atoms with E-state index in [2.05, 4.69) is 0 Å². The van der Waals surface area contributed by atoms with Crippen LogP contribution in [0, 0.1) is 5.82 Å². The molecule has 2 rings (SSSR count). The third-order valence-electron chi connectivity index (χ3n) is 2.71. The van der Waals surface area contributed by atoms with Gasteiger partial charge in [0.15, 0.2) is 0 Å². The van der Waals surface area contributed by atoms with Crippen molar-refractivity contribution in [2.75, 3.05) is 14.2 Å². The zero-order chi connectivity index (χ0) is 13.7. The van der Waals surface area contributed by atoms with Gasteiger partial charge in [-0.15, -0.1) is 0 Å².